The molecule has 6 heteroatoms. The van der Waals surface area contributed by atoms with Crippen molar-refractivity contribution in [3.63, 3.8) is 0 Å². The minimum atomic E-state index is 0.844. The highest BCUT2D eigenvalue weighted by atomic mass is 14.9. The van der Waals surface area contributed by atoms with E-state index in [4.69, 9.17) is 29.9 Å². The highest BCUT2D eigenvalue weighted by molar-refractivity contribution is 5.91. The van der Waals surface area contributed by atoms with Crippen molar-refractivity contribution >= 4 is 22.1 Å². The summed E-state index contributed by atoms with van der Waals surface area (Å²) in [5, 5.41) is 0. The Morgan fingerprint density at radius 2 is 0.540 bits per heavy atom. The van der Waals surface area contributed by atoms with Crippen molar-refractivity contribution in [1.29, 1.82) is 0 Å². The average molecular weight is 649 g/mol. The molecule has 4 aromatic carbocycles. The van der Waals surface area contributed by atoms with Crippen molar-refractivity contribution in [2.75, 3.05) is 0 Å². The maximum atomic E-state index is 5.24. The number of benzene rings is 4. The van der Waals surface area contributed by atoms with Gasteiger partial charge in [0.05, 0.1) is 45.2 Å². The fourth-order valence-corrected chi connectivity index (χ4v) is 6.66. The lowest BCUT2D eigenvalue weighted by Crippen LogP contribution is -2.02. The normalized spacial score (nSPS) is 11.4. The van der Waals surface area contributed by atoms with E-state index in [1.807, 2.05) is 64.1 Å². The molecule has 0 aliphatic carbocycles. The highest BCUT2D eigenvalue weighted by Crippen LogP contribution is 2.36. The molecule has 4 heterocycles. The van der Waals surface area contributed by atoms with E-state index >= 15 is 0 Å². The molecule has 6 nitrogen and oxygen atoms in total. The van der Waals surface area contributed by atoms with E-state index in [0.717, 1.165) is 112 Å². The Balaban J connectivity index is 1.20. The summed E-state index contributed by atoms with van der Waals surface area (Å²) in [6, 6.07) is 37.8. The summed E-state index contributed by atoms with van der Waals surface area (Å²) in [5.74, 6) is 0. The van der Waals surface area contributed by atoms with Crippen molar-refractivity contribution in [2.24, 2.45) is 0 Å². The summed E-state index contributed by atoms with van der Waals surface area (Å²) in [5.41, 5.74) is 19.1. The molecule has 0 unspecified atom stereocenters. The molecule has 0 aliphatic heterocycles. The van der Waals surface area contributed by atoms with Crippen molar-refractivity contribution < 1.29 is 0 Å². The molecule has 0 radical (unpaired) electrons. The number of aryl methyl sites for hydroxylation is 6. The topological polar surface area (TPSA) is 77.3 Å². The molecule has 0 amide bonds. The molecule has 0 fully saturated rings. The molecule has 0 N–H and O–H groups in total. The zero-order valence-corrected chi connectivity index (χ0v) is 29.1. The first kappa shape index (κ1) is 31.1. The Hall–Kier alpha value is -6.14. The highest BCUT2D eigenvalue weighted by Gasteiger charge is 2.19. The number of hydrogen-bond acceptors (Lipinski definition) is 6. The Labute approximate surface area is 292 Å². The summed E-state index contributed by atoms with van der Waals surface area (Å²) < 4.78 is 0. The van der Waals surface area contributed by atoms with Crippen LogP contribution in [0, 0.1) is 41.5 Å². The fraction of sp³-hybridized carbons (Fsp3) is 0.136. The Bertz CT molecular complexity index is 2380. The van der Waals surface area contributed by atoms with Crippen LogP contribution in [0.15, 0.2) is 109 Å². The number of hydrogen-bond donors (Lipinski definition) is 0. The van der Waals surface area contributed by atoms with Gasteiger partial charge in [0.2, 0.25) is 0 Å². The van der Waals surface area contributed by atoms with Gasteiger partial charge in [0.25, 0.3) is 0 Å². The molecule has 0 saturated heterocycles. The van der Waals surface area contributed by atoms with Gasteiger partial charge in [-0.1, -0.05) is 109 Å². The van der Waals surface area contributed by atoms with Crippen LogP contribution in [0.5, 0.6) is 0 Å². The van der Waals surface area contributed by atoms with E-state index in [1.165, 1.54) is 0 Å². The van der Waals surface area contributed by atoms with Gasteiger partial charge in [0, 0.05) is 33.6 Å². The second-order valence-electron chi connectivity index (χ2n) is 12.9. The second-order valence-corrected chi connectivity index (χ2v) is 12.9. The van der Waals surface area contributed by atoms with Gasteiger partial charge >= 0.3 is 0 Å². The van der Waals surface area contributed by atoms with Crippen LogP contribution in [0.25, 0.3) is 78.2 Å². The van der Waals surface area contributed by atoms with Crippen LogP contribution in [-0.4, -0.2) is 29.9 Å². The van der Waals surface area contributed by atoms with Gasteiger partial charge in [-0.25, -0.2) is 19.9 Å². The van der Waals surface area contributed by atoms with E-state index in [0.29, 0.717) is 0 Å². The molecule has 8 rings (SSSR count). The zero-order valence-electron chi connectivity index (χ0n) is 29.1. The lowest BCUT2D eigenvalue weighted by Gasteiger charge is -2.15. The molecule has 4 aromatic heterocycles. The standard InChI is InChI=1S/C44H36N6/c1-25-27(3)45-29(5)39-37(25)47-43(41(49-39)33-13-9-7-10-14-33)35-21-17-31(18-22-35)32-19-23-36(24-20-32)44-42(34-15-11-8-12-16-34)50-40-30(6)46-28(4)26(2)38(40)48-44/h7-24H,1-6H3. The third-order valence-electron chi connectivity index (χ3n) is 9.69. The molecule has 242 valence electrons. The Kier molecular flexibility index (Phi) is 7.72. The van der Waals surface area contributed by atoms with Gasteiger partial charge in [-0.05, 0) is 63.8 Å². The van der Waals surface area contributed by atoms with Gasteiger partial charge in [-0.15, -0.1) is 0 Å². The molecule has 8 aromatic rings. The quantitative estimate of drug-likeness (QED) is 0.185. The van der Waals surface area contributed by atoms with Crippen molar-refractivity contribution in [1.82, 2.24) is 29.9 Å². The van der Waals surface area contributed by atoms with Gasteiger partial charge in [0.1, 0.15) is 11.0 Å². The number of pyridine rings is 2. The predicted octanol–water partition coefficient (Wildman–Crippen LogP) is 10.5. The van der Waals surface area contributed by atoms with E-state index in [1.54, 1.807) is 0 Å². The van der Waals surface area contributed by atoms with Gasteiger partial charge in [-0.3, -0.25) is 9.97 Å². The first-order valence-electron chi connectivity index (χ1n) is 16.9. The van der Waals surface area contributed by atoms with Crippen LogP contribution < -0.4 is 0 Å². The molecule has 0 spiro atoms. The third kappa shape index (κ3) is 5.39. The number of rotatable bonds is 5. The van der Waals surface area contributed by atoms with Crippen LogP contribution in [0.1, 0.15) is 33.9 Å². The average Bonchev–Trinajstić information content (AvgIpc) is 3.16. The number of fused-ring (bicyclic) bond motifs is 2. The summed E-state index contributed by atoms with van der Waals surface area (Å²) in [7, 11) is 0. The molecular weight excluding hydrogens is 613 g/mol. The van der Waals surface area contributed by atoms with Crippen molar-refractivity contribution in [3.05, 3.63) is 143 Å². The van der Waals surface area contributed by atoms with Crippen LogP contribution in [-0.2, 0) is 0 Å². The summed E-state index contributed by atoms with van der Waals surface area (Å²) >= 11 is 0. The fourth-order valence-electron chi connectivity index (χ4n) is 6.66. The third-order valence-corrected chi connectivity index (χ3v) is 9.69. The molecule has 0 bridgehead atoms. The lowest BCUT2D eigenvalue weighted by atomic mass is 9.97. The molecular formula is C44H36N6. The minimum absolute atomic E-state index is 0.844. The second kappa shape index (κ2) is 12.4. The molecule has 0 aliphatic rings. The maximum absolute atomic E-state index is 5.24. The molecule has 50 heavy (non-hydrogen) atoms. The summed E-state index contributed by atoms with van der Waals surface area (Å²) in [6.07, 6.45) is 0. The number of nitrogens with zero attached hydrogens (tertiary/aromatic N) is 6. The van der Waals surface area contributed by atoms with Crippen molar-refractivity contribution in [3.8, 4) is 56.2 Å². The van der Waals surface area contributed by atoms with Crippen LogP contribution in [0.2, 0.25) is 0 Å². The SMILES string of the molecule is Cc1nc(C)c2nc(-c3ccccc3)c(-c3ccc(-c4ccc(-c5nc6c(C)c(C)nc(C)c6nc5-c5ccccc5)cc4)cc3)nc2c1C. The van der Waals surface area contributed by atoms with Crippen LogP contribution in [0.3, 0.4) is 0 Å². The number of aromatic nitrogens is 6. The van der Waals surface area contributed by atoms with E-state index in [9.17, 15) is 0 Å². The van der Waals surface area contributed by atoms with Gasteiger partial charge < -0.3 is 0 Å². The lowest BCUT2D eigenvalue weighted by molar-refractivity contribution is 1.09. The Morgan fingerprint density at radius 3 is 0.880 bits per heavy atom. The van der Waals surface area contributed by atoms with Gasteiger partial charge in [0.15, 0.2) is 0 Å². The zero-order chi connectivity index (χ0) is 34.5. The Morgan fingerprint density at radius 1 is 0.260 bits per heavy atom. The molecule has 0 atom stereocenters. The first-order valence-corrected chi connectivity index (χ1v) is 16.9. The van der Waals surface area contributed by atoms with E-state index < -0.39 is 0 Å². The van der Waals surface area contributed by atoms with E-state index in [2.05, 4.69) is 86.6 Å². The first-order chi connectivity index (χ1) is 24.3. The van der Waals surface area contributed by atoms with Crippen LogP contribution in [0.4, 0.5) is 0 Å². The molecule has 0 saturated carbocycles. The van der Waals surface area contributed by atoms with Crippen LogP contribution >= 0.6 is 0 Å². The van der Waals surface area contributed by atoms with E-state index in [-0.39, 0.29) is 0 Å². The minimum Gasteiger partial charge on any atom is -0.256 e. The predicted molar refractivity (Wildman–Crippen MR) is 204 cm³/mol. The van der Waals surface area contributed by atoms with Crippen molar-refractivity contribution in [2.45, 2.75) is 41.5 Å². The summed E-state index contributed by atoms with van der Waals surface area (Å²) in [6.45, 7) is 12.2. The summed E-state index contributed by atoms with van der Waals surface area (Å²) in [4.78, 5) is 30.3. The largest absolute Gasteiger partial charge is 0.256 e. The van der Waals surface area contributed by atoms with Gasteiger partial charge in [-0.2, -0.15) is 0 Å². The maximum Gasteiger partial charge on any atom is 0.111 e. The smallest absolute Gasteiger partial charge is 0.111 e. The monoisotopic (exact) mass is 648 g/mol.